The Bertz CT molecular complexity index is 140. The van der Waals surface area contributed by atoms with Gasteiger partial charge in [0.25, 0.3) is 0 Å². The molecule has 0 aliphatic carbocycles. The number of hydrogen-bond donors (Lipinski definition) is 2. The summed E-state index contributed by atoms with van der Waals surface area (Å²) in [4.78, 5) is 3.72. The number of nitrogens with two attached hydrogens (primary N) is 1. The molecule has 0 saturated heterocycles. The molecule has 3 heteroatoms. The molecule has 0 unspecified atom stereocenters. The molecule has 0 bridgehead atoms. The maximum absolute atomic E-state index is 5.38. The fourth-order valence-corrected chi connectivity index (χ4v) is 0.618. The van der Waals surface area contributed by atoms with Crippen molar-refractivity contribution in [1.82, 2.24) is 5.32 Å². The maximum atomic E-state index is 5.38. The van der Waals surface area contributed by atoms with Gasteiger partial charge in [-0.1, -0.05) is 12.7 Å². The Balaban J connectivity index is 4.50. The molecule has 0 aromatic rings. The third kappa shape index (κ3) is 2.03. The normalized spacial score (nSPS) is 11.8. The second-order valence-corrected chi connectivity index (χ2v) is 1.69. The molecule has 0 radical (unpaired) electrons. The lowest BCUT2D eigenvalue weighted by molar-refractivity contribution is 0.933. The lowest BCUT2D eigenvalue weighted by atomic mass is 10.2. The predicted molar refractivity (Wildman–Crippen MR) is 44.9 cm³/mol. The van der Waals surface area contributed by atoms with Crippen LogP contribution in [0.4, 0.5) is 0 Å². The van der Waals surface area contributed by atoms with Gasteiger partial charge in [-0.25, -0.2) is 4.99 Å². The summed E-state index contributed by atoms with van der Waals surface area (Å²) in [7, 11) is 1.77. The van der Waals surface area contributed by atoms with Crippen LogP contribution in [0.25, 0.3) is 0 Å². The fraction of sp³-hybridized carbons (Fsp3) is 0.286. The predicted octanol–water partition coefficient (Wildman–Crippen LogP) is 0.263. The first kappa shape index (κ1) is 8.91. The van der Waals surface area contributed by atoms with Crippen LogP contribution in [-0.4, -0.2) is 20.3 Å². The van der Waals surface area contributed by atoms with Crippen LogP contribution in [-0.2, 0) is 0 Å². The quantitative estimate of drug-likeness (QED) is 0.433. The highest BCUT2D eigenvalue weighted by atomic mass is 15.0. The molecule has 0 fully saturated rings. The van der Waals surface area contributed by atoms with E-state index in [0.29, 0.717) is 12.4 Å². The van der Waals surface area contributed by atoms with Gasteiger partial charge in [0.05, 0.1) is 0 Å². The van der Waals surface area contributed by atoms with Gasteiger partial charge in [-0.15, -0.1) is 0 Å². The molecule has 0 atom stereocenters. The first-order chi connectivity index (χ1) is 4.79. The Morgan fingerprint density at radius 1 is 1.80 bits per heavy atom. The van der Waals surface area contributed by atoms with Crippen molar-refractivity contribution in [1.29, 1.82) is 0 Å². The zero-order valence-corrected chi connectivity index (χ0v) is 6.22. The van der Waals surface area contributed by atoms with E-state index in [0.717, 1.165) is 5.57 Å². The fourth-order valence-electron chi connectivity index (χ4n) is 0.618. The highest BCUT2D eigenvalue weighted by molar-refractivity contribution is 5.33. The minimum Gasteiger partial charge on any atom is -0.373 e. The van der Waals surface area contributed by atoms with Gasteiger partial charge in [-0.05, 0) is 6.72 Å². The van der Waals surface area contributed by atoms with Crippen LogP contribution in [0.1, 0.15) is 0 Å². The summed E-state index contributed by atoms with van der Waals surface area (Å²) >= 11 is 0. The van der Waals surface area contributed by atoms with Crippen molar-refractivity contribution in [2.24, 2.45) is 10.7 Å². The third-order valence-corrected chi connectivity index (χ3v) is 1.17. The highest BCUT2D eigenvalue weighted by Crippen LogP contribution is 1.99. The average molecular weight is 139 g/mol. The number of rotatable bonds is 4. The Labute approximate surface area is 61.3 Å². The smallest absolute Gasteiger partial charge is 0.129 e. The van der Waals surface area contributed by atoms with Gasteiger partial charge in [0, 0.05) is 19.2 Å². The van der Waals surface area contributed by atoms with Gasteiger partial charge in [-0.3, -0.25) is 0 Å². The van der Waals surface area contributed by atoms with E-state index in [2.05, 4.69) is 23.6 Å². The number of nitrogens with one attached hydrogen (secondary N) is 1. The molecule has 0 heterocycles. The lowest BCUT2D eigenvalue weighted by Crippen LogP contribution is -2.11. The van der Waals surface area contributed by atoms with E-state index in [4.69, 9.17) is 5.73 Å². The first-order valence-electron chi connectivity index (χ1n) is 3.00. The summed E-state index contributed by atoms with van der Waals surface area (Å²) in [6.07, 6.45) is 1.67. The molecule has 0 rings (SSSR count). The zero-order valence-electron chi connectivity index (χ0n) is 6.22. The SMILES string of the molecule is C=C/C(CN)=C(\N=C)NC. The molecule has 0 aliphatic rings. The summed E-state index contributed by atoms with van der Waals surface area (Å²) in [5.74, 6) is 0.692. The van der Waals surface area contributed by atoms with Crippen LogP contribution in [0, 0.1) is 0 Å². The Morgan fingerprint density at radius 3 is 2.50 bits per heavy atom. The van der Waals surface area contributed by atoms with Crippen LogP contribution in [0.15, 0.2) is 29.0 Å². The molecule has 3 N–H and O–H groups in total. The largest absolute Gasteiger partial charge is 0.373 e. The Morgan fingerprint density at radius 2 is 2.40 bits per heavy atom. The lowest BCUT2D eigenvalue weighted by Gasteiger charge is -2.03. The molecule has 0 aromatic carbocycles. The van der Waals surface area contributed by atoms with E-state index in [1.54, 1.807) is 13.1 Å². The topological polar surface area (TPSA) is 50.4 Å². The van der Waals surface area contributed by atoms with Crippen molar-refractivity contribution in [3.63, 3.8) is 0 Å². The van der Waals surface area contributed by atoms with E-state index in [1.165, 1.54) is 0 Å². The minimum atomic E-state index is 0.429. The summed E-state index contributed by atoms with van der Waals surface area (Å²) in [5, 5.41) is 2.85. The van der Waals surface area contributed by atoms with Gasteiger partial charge in [0.15, 0.2) is 0 Å². The summed E-state index contributed by atoms with van der Waals surface area (Å²) in [6.45, 7) is 7.39. The number of nitrogens with zero attached hydrogens (tertiary/aromatic N) is 1. The van der Waals surface area contributed by atoms with Gasteiger partial charge in [-0.2, -0.15) is 0 Å². The number of hydrogen-bond acceptors (Lipinski definition) is 3. The van der Waals surface area contributed by atoms with E-state index in [1.807, 2.05) is 0 Å². The molecule has 0 spiro atoms. The Kier molecular flexibility index (Phi) is 4.24. The van der Waals surface area contributed by atoms with E-state index in [9.17, 15) is 0 Å². The Hall–Kier alpha value is -1.09. The van der Waals surface area contributed by atoms with Gasteiger partial charge >= 0.3 is 0 Å². The van der Waals surface area contributed by atoms with E-state index in [-0.39, 0.29) is 0 Å². The highest BCUT2D eigenvalue weighted by Gasteiger charge is 1.94. The third-order valence-electron chi connectivity index (χ3n) is 1.17. The van der Waals surface area contributed by atoms with Crippen molar-refractivity contribution in [3.8, 4) is 0 Å². The molecule has 0 saturated carbocycles. The van der Waals surface area contributed by atoms with Crippen LogP contribution in [0.3, 0.4) is 0 Å². The van der Waals surface area contributed by atoms with E-state index >= 15 is 0 Å². The molecule has 0 aromatic heterocycles. The zero-order chi connectivity index (χ0) is 7.98. The van der Waals surface area contributed by atoms with Gasteiger partial charge in [0.2, 0.25) is 0 Å². The second-order valence-electron chi connectivity index (χ2n) is 1.69. The number of aliphatic imine (C=N–C) groups is 1. The maximum Gasteiger partial charge on any atom is 0.129 e. The van der Waals surface area contributed by atoms with Crippen LogP contribution in [0.5, 0.6) is 0 Å². The minimum absolute atomic E-state index is 0.429. The van der Waals surface area contributed by atoms with Gasteiger partial charge < -0.3 is 11.1 Å². The van der Waals surface area contributed by atoms with Crippen molar-refractivity contribution in [2.45, 2.75) is 0 Å². The monoisotopic (exact) mass is 139 g/mol. The standard InChI is InChI=1S/C7H13N3/c1-4-6(5-8)7(9-2)10-3/h4,10H,1-2,5,8H2,3H3/b7-6-. The molecule has 0 aliphatic heterocycles. The van der Waals surface area contributed by atoms with E-state index < -0.39 is 0 Å². The summed E-state index contributed by atoms with van der Waals surface area (Å²) < 4.78 is 0. The molecule has 0 amide bonds. The molecular weight excluding hydrogens is 126 g/mol. The van der Waals surface area contributed by atoms with Crippen molar-refractivity contribution in [2.75, 3.05) is 13.6 Å². The van der Waals surface area contributed by atoms with Gasteiger partial charge in [0.1, 0.15) is 5.82 Å². The molecule has 3 nitrogen and oxygen atoms in total. The van der Waals surface area contributed by atoms with Crippen LogP contribution < -0.4 is 11.1 Å². The van der Waals surface area contributed by atoms with Crippen LogP contribution >= 0.6 is 0 Å². The second kappa shape index (κ2) is 4.76. The average Bonchev–Trinajstić information content (AvgIpc) is 2.00. The first-order valence-corrected chi connectivity index (χ1v) is 3.00. The molecular formula is C7H13N3. The molecule has 56 valence electrons. The van der Waals surface area contributed by atoms with Crippen molar-refractivity contribution < 1.29 is 0 Å². The summed E-state index contributed by atoms with van der Waals surface area (Å²) in [5.41, 5.74) is 6.25. The van der Waals surface area contributed by atoms with Crippen LogP contribution in [0.2, 0.25) is 0 Å². The van der Waals surface area contributed by atoms with Crippen molar-refractivity contribution >= 4 is 6.72 Å². The summed E-state index contributed by atoms with van der Waals surface area (Å²) in [6, 6.07) is 0. The van der Waals surface area contributed by atoms with Crippen molar-refractivity contribution in [3.05, 3.63) is 24.0 Å². The molecule has 10 heavy (non-hydrogen) atoms.